The third kappa shape index (κ3) is 4.92. The van der Waals surface area contributed by atoms with E-state index in [9.17, 15) is 9.18 Å². The second kappa shape index (κ2) is 8.95. The van der Waals surface area contributed by atoms with Crippen molar-refractivity contribution >= 4 is 5.91 Å². The van der Waals surface area contributed by atoms with Crippen LogP contribution in [-0.4, -0.2) is 46.0 Å². The van der Waals surface area contributed by atoms with Gasteiger partial charge in [0.1, 0.15) is 5.82 Å². The summed E-state index contributed by atoms with van der Waals surface area (Å²) in [6.45, 7) is 1.13. The summed E-state index contributed by atoms with van der Waals surface area (Å²) in [5, 5.41) is 0. The number of nitrogens with zero attached hydrogens (tertiary/aromatic N) is 4. The highest BCUT2D eigenvalue weighted by atomic mass is 19.1. The maximum atomic E-state index is 13.1. The molecular formula is C20H19FN4O2. The zero-order valence-electron chi connectivity index (χ0n) is 14.9. The summed E-state index contributed by atoms with van der Waals surface area (Å²) in [6.07, 6.45) is 6.34. The molecule has 0 atom stereocenters. The van der Waals surface area contributed by atoms with E-state index in [2.05, 4.69) is 15.0 Å². The molecule has 7 heteroatoms. The largest absolute Gasteiger partial charge is 0.383 e. The van der Waals surface area contributed by atoms with E-state index in [-0.39, 0.29) is 11.7 Å². The van der Waals surface area contributed by atoms with E-state index in [4.69, 9.17) is 4.74 Å². The maximum absolute atomic E-state index is 13.1. The lowest BCUT2D eigenvalue weighted by Crippen LogP contribution is -2.33. The van der Waals surface area contributed by atoms with Gasteiger partial charge < -0.3 is 9.64 Å². The summed E-state index contributed by atoms with van der Waals surface area (Å²) >= 11 is 0. The highest BCUT2D eigenvalue weighted by Gasteiger charge is 2.17. The van der Waals surface area contributed by atoms with Crippen molar-refractivity contribution in [1.29, 1.82) is 0 Å². The summed E-state index contributed by atoms with van der Waals surface area (Å²) in [5.74, 6) is -0.0244. The predicted molar refractivity (Wildman–Crippen MR) is 98.3 cm³/mol. The maximum Gasteiger partial charge on any atom is 0.257 e. The second-order valence-electron chi connectivity index (χ2n) is 5.88. The molecule has 2 heterocycles. The number of benzene rings is 1. The molecular weight excluding hydrogens is 347 g/mol. The van der Waals surface area contributed by atoms with Crippen LogP contribution in [0.25, 0.3) is 11.4 Å². The highest BCUT2D eigenvalue weighted by Crippen LogP contribution is 2.14. The van der Waals surface area contributed by atoms with E-state index in [0.29, 0.717) is 31.1 Å². The Bertz CT molecular complexity index is 871. The number of hydrogen-bond donors (Lipinski definition) is 0. The van der Waals surface area contributed by atoms with Gasteiger partial charge in [-0.15, -0.1) is 0 Å². The van der Waals surface area contributed by atoms with Gasteiger partial charge in [-0.2, -0.15) is 0 Å². The predicted octanol–water partition coefficient (Wildman–Crippen LogP) is 2.97. The quantitative estimate of drug-likeness (QED) is 0.643. The van der Waals surface area contributed by atoms with Crippen LogP contribution in [0.15, 0.2) is 61.2 Å². The number of carbonyl (C=O) groups is 1. The fourth-order valence-electron chi connectivity index (χ4n) is 2.53. The molecule has 1 amide bonds. The Hall–Kier alpha value is -3.19. The van der Waals surface area contributed by atoms with Crippen molar-refractivity contribution in [2.45, 2.75) is 6.54 Å². The number of rotatable bonds is 7. The topological polar surface area (TPSA) is 68.2 Å². The summed E-state index contributed by atoms with van der Waals surface area (Å²) in [5.41, 5.74) is 1.98. The first-order chi connectivity index (χ1) is 13.2. The molecule has 0 saturated heterocycles. The van der Waals surface area contributed by atoms with Gasteiger partial charge in [0.15, 0.2) is 5.82 Å². The number of methoxy groups -OCH3 is 1. The van der Waals surface area contributed by atoms with Crippen molar-refractivity contribution < 1.29 is 13.9 Å². The Morgan fingerprint density at radius 2 is 1.85 bits per heavy atom. The minimum Gasteiger partial charge on any atom is -0.383 e. The van der Waals surface area contributed by atoms with Crippen LogP contribution in [-0.2, 0) is 11.3 Å². The molecule has 0 saturated carbocycles. The molecule has 138 valence electrons. The highest BCUT2D eigenvalue weighted by molar-refractivity contribution is 5.93. The van der Waals surface area contributed by atoms with Gasteiger partial charge in [-0.25, -0.2) is 14.4 Å². The Labute approximate surface area is 156 Å². The second-order valence-corrected chi connectivity index (χ2v) is 5.88. The average molecular weight is 366 g/mol. The standard InChI is InChI=1S/C20H19FN4O2/c1-27-10-9-25(14-15-4-6-18(21)7-5-15)20(26)17-12-23-19(24-13-17)16-3-2-8-22-11-16/h2-8,11-13H,9-10,14H2,1H3. The van der Waals surface area contributed by atoms with Crippen molar-refractivity contribution in [3.63, 3.8) is 0 Å². The zero-order chi connectivity index (χ0) is 19.1. The van der Waals surface area contributed by atoms with Crippen LogP contribution in [0.3, 0.4) is 0 Å². The third-order valence-corrected chi connectivity index (χ3v) is 3.96. The van der Waals surface area contributed by atoms with Crippen LogP contribution >= 0.6 is 0 Å². The van der Waals surface area contributed by atoms with Gasteiger partial charge in [-0.1, -0.05) is 12.1 Å². The molecule has 0 bridgehead atoms. The summed E-state index contributed by atoms with van der Waals surface area (Å²) in [4.78, 5) is 27.1. The molecule has 3 rings (SSSR count). The first-order valence-corrected chi connectivity index (χ1v) is 8.42. The van der Waals surface area contributed by atoms with Crippen molar-refractivity contribution in [2.24, 2.45) is 0 Å². The fourth-order valence-corrected chi connectivity index (χ4v) is 2.53. The average Bonchev–Trinajstić information content (AvgIpc) is 2.73. The molecule has 0 spiro atoms. The van der Waals surface area contributed by atoms with Crippen LogP contribution in [0.2, 0.25) is 0 Å². The van der Waals surface area contributed by atoms with E-state index in [1.165, 1.54) is 24.5 Å². The SMILES string of the molecule is COCCN(Cc1ccc(F)cc1)C(=O)c1cnc(-c2cccnc2)nc1. The summed E-state index contributed by atoms with van der Waals surface area (Å²) in [6, 6.07) is 9.71. The molecule has 2 aromatic heterocycles. The Balaban J connectivity index is 1.77. The lowest BCUT2D eigenvalue weighted by molar-refractivity contribution is 0.0679. The fraction of sp³-hybridized carbons (Fsp3) is 0.200. The monoisotopic (exact) mass is 366 g/mol. The zero-order valence-corrected chi connectivity index (χ0v) is 14.9. The van der Waals surface area contributed by atoms with E-state index in [0.717, 1.165) is 11.1 Å². The molecule has 27 heavy (non-hydrogen) atoms. The van der Waals surface area contributed by atoms with Crippen LogP contribution in [0.1, 0.15) is 15.9 Å². The molecule has 0 fully saturated rings. The summed E-state index contributed by atoms with van der Waals surface area (Å²) in [7, 11) is 1.58. The molecule has 0 aliphatic carbocycles. The number of hydrogen-bond acceptors (Lipinski definition) is 5. The van der Waals surface area contributed by atoms with E-state index in [1.807, 2.05) is 6.07 Å². The number of halogens is 1. The van der Waals surface area contributed by atoms with E-state index in [1.54, 1.807) is 42.6 Å². The van der Waals surface area contributed by atoms with Gasteiger partial charge in [0, 0.05) is 50.6 Å². The van der Waals surface area contributed by atoms with Gasteiger partial charge in [0.2, 0.25) is 0 Å². The van der Waals surface area contributed by atoms with Crippen molar-refractivity contribution in [1.82, 2.24) is 19.9 Å². The number of ether oxygens (including phenoxy) is 1. The normalized spacial score (nSPS) is 10.6. The molecule has 0 aliphatic heterocycles. The molecule has 0 unspecified atom stereocenters. The number of pyridine rings is 1. The van der Waals surface area contributed by atoms with E-state index < -0.39 is 0 Å². The van der Waals surface area contributed by atoms with Gasteiger partial charge >= 0.3 is 0 Å². The van der Waals surface area contributed by atoms with Gasteiger partial charge in [-0.05, 0) is 29.8 Å². The summed E-state index contributed by atoms with van der Waals surface area (Å²) < 4.78 is 18.2. The lowest BCUT2D eigenvalue weighted by atomic mass is 10.2. The minimum absolute atomic E-state index is 0.214. The molecule has 1 aromatic carbocycles. The number of amides is 1. The molecule has 3 aromatic rings. The van der Waals surface area contributed by atoms with Crippen molar-refractivity contribution in [3.8, 4) is 11.4 Å². The molecule has 6 nitrogen and oxygen atoms in total. The van der Waals surface area contributed by atoms with Crippen LogP contribution in [0.5, 0.6) is 0 Å². The number of carbonyl (C=O) groups excluding carboxylic acids is 1. The van der Waals surface area contributed by atoms with Crippen LogP contribution < -0.4 is 0 Å². The van der Waals surface area contributed by atoms with Gasteiger partial charge in [0.25, 0.3) is 5.91 Å². The first kappa shape index (κ1) is 18.6. The lowest BCUT2D eigenvalue weighted by Gasteiger charge is -2.22. The first-order valence-electron chi connectivity index (χ1n) is 8.42. The van der Waals surface area contributed by atoms with Crippen molar-refractivity contribution in [3.05, 3.63) is 78.1 Å². The number of aromatic nitrogens is 3. The van der Waals surface area contributed by atoms with E-state index >= 15 is 0 Å². The Morgan fingerprint density at radius 1 is 1.11 bits per heavy atom. The molecule has 0 aliphatic rings. The molecule has 0 radical (unpaired) electrons. The van der Waals surface area contributed by atoms with Crippen LogP contribution in [0.4, 0.5) is 4.39 Å². The molecule has 0 N–H and O–H groups in total. The Morgan fingerprint density at radius 3 is 2.48 bits per heavy atom. The van der Waals surface area contributed by atoms with Crippen molar-refractivity contribution in [2.75, 3.05) is 20.3 Å². The third-order valence-electron chi connectivity index (χ3n) is 3.96. The van der Waals surface area contributed by atoms with Crippen LogP contribution in [0, 0.1) is 5.82 Å². The van der Waals surface area contributed by atoms with Gasteiger partial charge in [-0.3, -0.25) is 9.78 Å². The Kier molecular flexibility index (Phi) is 6.17. The van der Waals surface area contributed by atoms with Gasteiger partial charge in [0.05, 0.1) is 12.2 Å². The minimum atomic E-state index is -0.312. The smallest absolute Gasteiger partial charge is 0.257 e.